The van der Waals surface area contributed by atoms with Crippen LogP contribution in [0, 0.1) is 0 Å². The molecular weight excluding hydrogens is 308 g/mol. The van der Waals surface area contributed by atoms with Gasteiger partial charge in [-0.3, -0.25) is 4.79 Å². The number of carbonyl (C=O) groups excluding carboxylic acids is 1. The van der Waals surface area contributed by atoms with Crippen LogP contribution in [0.3, 0.4) is 0 Å². The molecule has 2 aromatic rings. The minimum Gasteiger partial charge on any atom is -0.495 e. The van der Waals surface area contributed by atoms with Crippen LogP contribution in [0.5, 0.6) is 5.75 Å². The van der Waals surface area contributed by atoms with Crippen molar-refractivity contribution in [2.45, 2.75) is 25.4 Å². The summed E-state index contributed by atoms with van der Waals surface area (Å²) in [6.45, 7) is 1.74. The summed E-state index contributed by atoms with van der Waals surface area (Å²) >= 11 is 0. The summed E-state index contributed by atoms with van der Waals surface area (Å²) in [6.07, 6.45) is 1.38. The highest BCUT2D eigenvalue weighted by molar-refractivity contribution is 5.91. The molecule has 3 heterocycles. The van der Waals surface area contributed by atoms with Crippen molar-refractivity contribution in [1.29, 1.82) is 0 Å². The van der Waals surface area contributed by atoms with E-state index in [1.165, 1.54) is 4.68 Å². The number of hydrogen-bond donors (Lipinski definition) is 2. The van der Waals surface area contributed by atoms with E-state index in [1.807, 2.05) is 18.2 Å². The van der Waals surface area contributed by atoms with Gasteiger partial charge in [0.15, 0.2) is 0 Å². The average molecular weight is 328 g/mol. The zero-order valence-corrected chi connectivity index (χ0v) is 13.5. The minimum atomic E-state index is -0.291. The van der Waals surface area contributed by atoms with Gasteiger partial charge in [-0.05, 0) is 18.1 Å². The summed E-state index contributed by atoms with van der Waals surface area (Å²) in [6, 6.07) is 5.74. The molecule has 0 aliphatic carbocycles. The molecule has 0 radical (unpaired) electrons. The van der Waals surface area contributed by atoms with Crippen LogP contribution in [0.25, 0.3) is 0 Å². The molecule has 0 spiro atoms. The lowest BCUT2D eigenvalue weighted by atomic mass is 9.90. The molecule has 2 aliphatic rings. The van der Waals surface area contributed by atoms with Crippen LogP contribution in [-0.4, -0.2) is 35.9 Å². The largest absolute Gasteiger partial charge is 0.495 e. The maximum Gasteiger partial charge on any atom is 0.256 e. The Hall–Kier alpha value is -2.54. The molecule has 4 rings (SSSR count). The van der Waals surface area contributed by atoms with Crippen molar-refractivity contribution < 1.29 is 14.3 Å². The summed E-state index contributed by atoms with van der Waals surface area (Å²) in [5.74, 6) is 0.752. The van der Waals surface area contributed by atoms with Crippen molar-refractivity contribution >= 4 is 17.4 Å². The van der Waals surface area contributed by atoms with Crippen LogP contribution >= 0.6 is 0 Å². The van der Waals surface area contributed by atoms with Crippen molar-refractivity contribution in [3.05, 3.63) is 35.0 Å². The van der Waals surface area contributed by atoms with E-state index in [-0.39, 0.29) is 11.8 Å². The highest BCUT2D eigenvalue weighted by Crippen LogP contribution is 2.39. The quantitative estimate of drug-likeness (QED) is 0.873. The maximum absolute atomic E-state index is 13.1. The molecule has 7 nitrogen and oxygen atoms in total. The van der Waals surface area contributed by atoms with Crippen LogP contribution in [0.4, 0.5) is 11.5 Å². The Morgan fingerprint density at radius 1 is 1.50 bits per heavy atom. The van der Waals surface area contributed by atoms with Crippen LogP contribution in [0.15, 0.2) is 18.2 Å². The normalized spacial score (nSPS) is 19.1. The molecule has 1 aromatic carbocycles. The van der Waals surface area contributed by atoms with E-state index in [4.69, 9.17) is 15.2 Å². The van der Waals surface area contributed by atoms with Gasteiger partial charge in [0, 0.05) is 18.5 Å². The van der Waals surface area contributed by atoms with Crippen LogP contribution < -0.4 is 15.8 Å². The molecule has 0 saturated carbocycles. The number of benzene rings is 1. The van der Waals surface area contributed by atoms with E-state index < -0.39 is 0 Å². The molecule has 0 saturated heterocycles. The van der Waals surface area contributed by atoms with E-state index in [9.17, 15) is 4.79 Å². The zero-order valence-electron chi connectivity index (χ0n) is 13.5. The fourth-order valence-electron chi connectivity index (χ4n) is 3.48. The third kappa shape index (κ3) is 2.24. The SMILES string of the molecule is COc1cccc2c1NCCC2C(=O)n1nc2c(c1N)COCC2. The first-order valence-corrected chi connectivity index (χ1v) is 8.09. The van der Waals surface area contributed by atoms with E-state index in [0.717, 1.165) is 28.3 Å². The third-order valence-electron chi connectivity index (χ3n) is 4.73. The molecule has 1 unspecified atom stereocenters. The summed E-state index contributed by atoms with van der Waals surface area (Å²) < 4.78 is 12.2. The first-order valence-electron chi connectivity index (χ1n) is 8.09. The number of nitrogens with zero attached hydrogens (tertiary/aromatic N) is 2. The first-order chi connectivity index (χ1) is 11.7. The Balaban J connectivity index is 1.73. The number of carbonyl (C=O) groups is 1. The van der Waals surface area contributed by atoms with Crippen molar-refractivity contribution in [3.8, 4) is 5.75 Å². The van der Waals surface area contributed by atoms with Crippen molar-refractivity contribution in [3.63, 3.8) is 0 Å². The molecule has 0 bridgehead atoms. The number of nitrogens with two attached hydrogens (primary N) is 1. The number of rotatable bonds is 2. The highest BCUT2D eigenvalue weighted by Gasteiger charge is 2.32. The molecule has 1 atom stereocenters. The van der Waals surface area contributed by atoms with Gasteiger partial charge >= 0.3 is 0 Å². The van der Waals surface area contributed by atoms with Gasteiger partial charge in [0.05, 0.1) is 37.6 Å². The van der Waals surface area contributed by atoms with Crippen molar-refractivity contribution in [2.24, 2.45) is 0 Å². The molecule has 3 N–H and O–H groups in total. The van der Waals surface area contributed by atoms with Gasteiger partial charge in [-0.2, -0.15) is 9.78 Å². The van der Waals surface area contributed by atoms with Gasteiger partial charge in [-0.25, -0.2) is 0 Å². The zero-order chi connectivity index (χ0) is 16.7. The lowest BCUT2D eigenvalue weighted by molar-refractivity contribution is 0.0859. The van der Waals surface area contributed by atoms with Gasteiger partial charge < -0.3 is 20.5 Å². The third-order valence-corrected chi connectivity index (χ3v) is 4.73. The van der Waals surface area contributed by atoms with Crippen LogP contribution in [-0.2, 0) is 17.8 Å². The number of anilines is 2. The fourth-order valence-corrected chi connectivity index (χ4v) is 3.48. The number of nitrogen functional groups attached to an aromatic ring is 1. The molecule has 126 valence electrons. The number of aromatic nitrogens is 2. The highest BCUT2D eigenvalue weighted by atomic mass is 16.5. The lowest BCUT2D eigenvalue weighted by Crippen LogP contribution is -2.28. The monoisotopic (exact) mass is 328 g/mol. The summed E-state index contributed by atoms with van der Waals surface area (Å²) in [5, 5.41) is 7.78. The standard InChI is InChI=1S/C17H20N4O3/c1-23-14-4-2-3-10-11(5-7-19-15(10)14)17(22)21-16(18)12-9-24-8-6-13(12)20-21/h2-4,11,19H,5-9,18H2,1H3. The summed E-state index contributed by atoms with van der Waals surface area (Å²) in [7, 11) is 1.63. The van der Waals surface area contributed by atoms with Gasteiger partial charge in [-0.1, -0.05) is 12.1 Å². The van der Waals surface area contributed by atoms with Gasteiger partial charge in [0.1, 0.15) is 11.6 Å². The molecule has 24 heavy (non-hydrogen) atoms. The predicted octanol–water partition coefficient (Wildman–Crippen LogP) is 1.79. The predicted molar refractivity (Wildman–Crippen MR) is 89.5 cm³/mol. The van der Waals surface area contributed by atoms with Crippen molar-refractivity contribution in [2.75, 3.05) is 31.3 Å². The second-order valence-electron chi connectivity index (χ2n) is 6.06. The van der Waals surface area contributed by atoms with Gasteiger partial charge in [0.2, 0.25) is 0 Å². The second-order valence-corrected chi connectivity index (χ2v) is 6.06. The Morgan fingerprint density at radius 3 is 3.17 bits per heavy atom. The van der Waals surface area contributed by atoms with E-state index in [1.54, 1.807) is 7.11 Å². The average Bonchev–Trinajstić information content (AvgIpc) is 2.97. The number of para-hydroxylation sites is 1. The maximum atomic E-state index is 13.1. The second kappa shape index (κ2) is 5.83. The summed E-state index contributed by atoms with van der Waals surface area (Å²) in [5.41, 5.74) is 9.68. The molecule has 0 amide bonds. The number of nitrogens with one attached hydrogen (secondary N) is 1. The Morgan fingerprint density at radius 2 is 2.38 bits per heavy atom. The molecule has 1 aromatic heterocycles. The lowest BCUT2D eigenvalue weighted by Gasteiger charge is -2.27. The van der Waals surface area contributed by atoms with Gasteiger partial charge in [-0.15, -0.1) is 0 Å². The number of ether oxygens (including phenoxy) is 2. The van der Waals surface area contributed by atoms with E-state index in [0.29, 0.717) is 38.4 Å². The Bertz CT molecular complexity index is 799. The molecule has 7 heteroatoms. The molecule has 2 aliphatic heterocycles. The van der Waals surface area contributed by atoms with Crippen LogP contribution in [0.2, 0.25) is 0 Å². The number of fused-ring (bicyclic) bond motifs is 2. The first kappa shape index (κ1) is 15.0. The van der Waals surface area contributed by atoms with Crippen molar-refractivity contribution in [1.82, 2.24) is 9.78 Å². The van der Waals surface area contributed by atoms with Gasteiger partial charge in [0.25, 0.3) is 5.91 Å². The Kier molecular flexibility index (Phi) is 3.65. The van der Waals surface area contributed by atoms with E-state index >= 15 is 0 Å². The smallest absolute Gasteiger partial charge is 0.256 e. The molecular formula is C17H20N4O3. The molecule has 0 fully saturated rings. The summed E-state index contributed by atoms with van der Waals surface area (Å²) in [4.78, 5) is 13.1. The Labute approximate surface area is 139 Å². The minimum absolute atomic E-state index is 0.0992. The van der Waals surface area contributed by atoms with E-state index in [2.05, 4.69) is 10.4 Å². The number of methoxy groups -OCH3 is 1. The van der Waals surface area contributed by atoms with Crippen LogP contribution in [0.1, 0.15) is 34.0 Å². The fraction of sp³-hybridized carbons (Fsp3) is 0.412. The topological polar surface area (TPSA) is 91.4 Å². The number of hydrogen-bond acceptors (Lipinski definition) is 6.